The zero-order valence-electron chi connectivity index (χ0n) is 9.84. The fourth-order valence-corrected chi connectivity index (χ4v) is 1.09. The van der Waals surface area contributed by atoms with Crippen molar-refractivity contribution in [2.45, 2.75) is 32.6 Å². The van der Waals surface area contributed by atoms with Gasteiger partial charge in [-0.05, 0) is 6.92 Å². The van der Waals surface area contributed by atoms with Crippen LogP contribution in [0.1, 0.15) is 18.6 Å². The molecule has 18 heavy (non-hydrogen) atoms. The van der Waals surface area contributed by atoms with Crippen LogP contribution >= 0.6 is 0 Å². The van der Waals surface area contributed by atoms with E-state index in [1.54, 1.807) is 12.2 Å². The molecule has 1 aromatic rings. The standard InChI is InChI=1S/C9H13F3N4O2/c1-5(8(17)14-4-9(10,11)12)13-3-7-15-6(2)18-16-7/h5,13H,3-4H2,1-2H3,(H,14,17). The average molecular weight is 266 g/mol. The van der Waals surface area contributed by atoms with Crippen LogP contribution in [-0.4, -0.2) is 34.8 Å². The van der Waals surface area contributed by atoms with Crippen molar-refractivity contribution in [3.63, 3.8) is 0 Å². The largest absolute Gasteiger partial charge is 0.405 e. The third kappa shape index (κ3) is 5.13. The van der Waals surface area contributed by atoms with Crippen molar-refractivity contribution in [2.75, 3.05) is 6.54 Å². The van der Waals surface area contributed by atoms with Crippen molar-refractivity contribution >= 4 is 5.91 Å². The number of nitrogens with zero attached hydrogens (tertiary/aromatic N) is 2. The number of carbonyl (C=O) groups excluding carboxylic acids is 1. The fraction of sp³-hybridized carbons (Fsp3) is 0.667. The quantitative estimate of drug-likeness (QED) is 0.812. The Labute approximate surface area is 101 Å². The monoisotopic (exact) mass is 266 g/mol. The maximum Gasteiger partial charge on any atom is 0.405 e. The van der Waals surface area contributed by atoms with Gasteiger partial charge in [0.1, 0.15) is 6.54 Å². The summed E-state index contributed by atoms with van der Waals surface area (Å²) in [5.74, 6) is -0.0310. The summed E-state index contributed by atoms with van der Waals surface area (Å²) in [5, 5.41) is 8.03. The molecule has 0 aliphatic carbocycles. The fourth-order valence-electron chi connectivity index (χ4n) is 1.09. The second kappa shape index (κ2) is 5.80. The first-order chi connectivity index (χ1) is 8.28. The van der Waals surface area contributed by atoms with Gasteiger partial charge in [-0.25, -0.2) is 0 Å². The molecule has 0 aromatic carbocycles. The Kier molecular flexibility index (Phi) is 4.65. The van der Waals surface area contributed by atoms with Crippen LogP contribution in [0, 0.1) is 6.92 Å². The van der Waals surface area contributed by atoms with Crippen LogP contribution in [0.25, 0.3) is 0 Å². The lowest BCUT2D eigenvalue weighted by atomic mass is 10.3. The number of hydrogen-bond acceptors (Lipinski definition) is 5. The molecule has 1 amide bonds. The van der Waals surface area contributed by atoms with E-state index in [2.05, 4.69) is 15.5 Å². The number of hydrogen-bond donors (Lipinski definition) is 2. The normalized spacial score (nSPS) is 13.4. The first-order valence-electron chi connectivity index (χ1n) is 5.15. The smallest absolute Gasteiger partial charge is 0.346 e. The van der Waals surface area contributed by atoms with Gasteiger partial charge < -0.3 is 9.84 Å². The summed E-state index contributed by atoms with van der Waals surface area (Å²) < 4.78 is 40.3. The van der Waals surface area contributed by atoms with Crippen LogP contribution in [0.15, 0.2) is 4.52 Å². The van der Waals surface area contributed by atoms with E-state index >= 15 is 0 Å². The molecular formula is C9H13F3N4O2. The molecule has 0 radical (unpaired) electrons. The summed E-state index contributed by atoms with van der Waals surface area (Å²) in [5.41, 5.74) is 0. The van der Waals surface area contributed by atoms with Crippen molar-refractivity contribution in [1.82, 2.24) is 20.8 Å². The van der Waals surface area contributed by atoms with Gasteiger partial charge in [0.05, 0.1) is 12.6 Å². The van der Waals surface area contributed by atoms with E-state index in [0.717, 1.165) is 0 Å². The molecule has 1 aromatic heterocycles. The molecule has 0 aliphatic heterocycles. The summed E-state index contributed by atoms with van der Waals surface area (Å²) in [4.78, 5) is 15.2. The van der Waals surface area contributed by atoms with Crippen LogP contribution < -0.4 is 10.6 Å². The highest BCUT2D eigenvalue weighted by Crippen LogP contribution is 2.12. The number of halogens is 3. The van der Waals surface area contributed by atoms with Crippen molar-refractivity contribution in [3.05, 3.63) is 11.7 Å². The number of aryl methyl sites for hydroxylation is 1. The van der Waals surface area contributed by atoms with Gasteiger partial charge in [0.15, 0.2) is 5.82 Å². The van der Waals surface area contributed by atoms with E-state index < -0.39 is 24.7 Å². The van der Waals surface area contributed by atoms with Gasteiger partial charge >= 0.3 is 6.18 Å². The molecule has 1 rings (SSSR count). The molecule has 9 heteroatoms. The van der Waals surface area contributed by atoms with E-state index in [4.69, 9.17) is 4.52 Å². The molecule has 0 aliphatic rings. The Hall–Kier alpha value is -1.64. The molecule has 0 spiro atoms. The minimum atomic E-state index is -4.42. The molecule has 0 bridgehead atoms. The lowest BCUT2D eigenvalue weighted by Crippen LogP contribution is -2.45. The molecule has 0 fully saturated rings. The van der Waals surface area contributed by atoms with E-state index in [1.807, 2.05) is 0 Å². The summed E-state index contributed by atoms with van der Waals surface area (Å²) in [7, 11) is 0. The lowest BCUT2D eigenvalue weighted by Gasteiger charge is -2.13. The topological polar surface area (TPSA) is 80.0 Å². The molecule has 1 heterocycles. The van der Waals surface area contributed by atoms with E-state index in [9.17, 15) is 18.0 Å². The highest BCUT2D eigenvalue weighted by Gasteiger charge is 2.28. The number of carbonyl (C=O) groups is 1. The zero-order valence-corrected chi connectivity index (χ0v) is 9.84. The number of aromatic nitrogens is 2. The molecule has 6 nitrogen and oxygen atoms in total. The van der Waals surface area contributed by atoms with Gasteiger partial charge in [0.2, 0.25) is 11.8 Å². The van der Waals surface area contributed by atoms with E-state index in [0.29, 0.717) is 11.7 Å². The van der Waals surface area contributed by atoms with Crippen LogP contribution in [-0.2, 0) is 11.3 Å². The number of rotatable bonds is 5. The Morgan fingerprint density at radius 2 is 2.17 bits per heavy atom. The van der Waals surface area contributed by atoms with Crippen LogP contribution in [0.4, 0.5) is 13.2 Å². The van der Waals surface area contributed by atoms with Gasteiger partial charge in [-0.15, -0.1) is 0 Å². The summed E-state index contributed by atoms with van der Waals surface area (Å²) in [6, 6.07) is -0.786. The molecule has 1 atom stereocenters. The van der Waals surface area contributed by atoms with Gasteiger partial charge in [-0.3, -0.25) is 10.1 Å². The van der Waals surface area contributed by atoms with Gasteiger partial charge in [0.25, 0.3) is 0 Å². The number of amides is 1. The molecular weight excluding hydrogens is 253 g/mol. The maximum atomic E-state index is 11.9. The number of nitrogens with one attached hydrogen (secondary N) is 2. The summed E-state index contributed by atoms with van der Waals surface area (Å²) >= 11 is 0. The molecule has 0 saturated heterocycles. The Morgan fingerprint density at radius 1 is 1.50 bits per heavy atom. The predicted molar refractivity (Wildman–Crippen MR) is 54.4 cm³/mol. The predicted octanol–water partition coefficient (Wildman–Crippen LogP) is 0.535. The average Bonchev–Trinajstić information content (AvgIpc) is 2.67. The zero-order chi connectivity index (χ0) is 13.8. The van der Waals surface area contributed by atoms with Crippen molar-refractivity contribution in [1.29, 1.82) is 0 Å². The Bertz CT molecular complexity index is 405. The van der Waals surface area contributed by atoms with Crippen molar-refractivity contribution in [3.8, 4) is 0 Å². The Morgan fingerprint density at radius 3 is 2.67 bits per heavy atom. The van der Waals surface area contributed by atoms with Crippen LogP contribution in [0.5, 0.6) is 0 Å². The molecule has 2 N–H and O–H groups in total. The second-order valence-corrected chi connectivity index (χ2v) is 3.67. The van der Waals surface area contributed by atoms with Crippen LogP contribution in [0.3, 0.4) is 0 Å². The SMILES string of the molecule is Cc1nc(CNC(C)C(=O)NCC(F)(F)F)no1. The maximum absolute atomic E-state index is 11.9. The highest BCUT2D eigenvalue weighted by atomic mass is 19.4. The first kappa shape index (κ1) is 14.4. The van der Waals surface area contributed by atoms with Crippen molar-refractivity contribution < 1.29 is 22.5 Å². The van der Waals surface area contributed by atoms with E-state index in [1.165, 1.54) is 6.92 Å². The Balaban J connectivity index is 2.32. The first-order valence-corrected chi connectivity index (χ1v) is 5.15. The van der Waals surface area contributed by atoms with Crippen molar-refractivity contribution in [2.24, 2.45) is 0 Å². The number of alkyl halides is 3. The van der Waals surface area contributed by atoms with Gasteiger partial charge in [-0.2, -0.15) is 18.2 Å². The second-order valence-electron chi connectivity index (χ2n) is 3.67. The van der Waals surface area contributed by atoms with Crippen LogP contribution in [0.2, 0.25) is 0 Å². The lowest BCUT2D eigenvalue weighted by molar-refractivity contribution is -0.139. The molecule has 1 unspecified atom stereocenters. The third-order valence-corrected chi connectivity index (χ3v) is 1.99. The molecule has 102 valence electrons. The summed E-state index contributed by atoms with van der Waals surface area (Å²) in [6.45, 7) is 1.84. The van der Waals surface area contributed by atoms with Gasteiger partial charge in [-0.1, -0.05) is 5.16 Å². The minimum absolute atomic E-state index is 0.137. The minimum Gasteiger partial charge on any atom is -0.346 e. The third-order valence-electron chi connectivity index (χ3n) is 1.99. The van der Waals surface area contributed by atoms with E-state index in [-0.39, 0.29) is 6.54 Å². The van der Waals surface area contributed by atoms with Gasteiger partial charge in [0, 0.05) is 6.92 Å². The summed E-state index contributed by atoms with van der Waals surface area (Å²) in [6.07, 6.45) is -4.42. The molecule has 0 saturated carbocycles. The highest BCUT2D eigenvalue weighted by molar-refractivity contribution is 5.81.